The molecule has 0 unspecified atom stereocenters. The van der Waals surface area contributed by atoms with E-state index in [0.717, 1.165) is 0 Å². The Balaban J connectivity index is 2.12. The second-order valence-corrected chi connectivity index (χ2v) is 7.32. The van der Waals surface area contributed by atoms with E-state index >= 15 is 0 Å². The normalized spacial score (nSPS) is 11.6. The number of halogens is 4. The van der Waals surface area contributed by atoms with Gasteiger partial charge in [-0.15, -0.1) is 0 Å². The minimum Gasteiger partial charge on any atom is -0.274 e. The first-order valence-electron chi connectivity index (χ1n) is 7.61. The molecule has 0 amide bonds. The molecule has 0 radical (unpaired) electrons. The standard InChI is InChI=1S/C17H13F4N3O2S/c1-9-17(10(2)24(22-9)11-6-4-3-5-7-11)27(25,26)23-16-14(20)12(18)8-13(19)15(16)21/h3-8,23H,1-2H3. The van der Waals surface area contributed by atoms with E-state index in [-0.39, 0.29) is 22.3 Å². The molecule has 0 spiro atoms. The summed E-state index contributed by atoms with van der Waals surface area (Å²) in [6.45, 7) is 2.83. The predicted octanol–water partition coefficient (Wildman–Crippen LogP) is 3.85. The minimum absolute atomic E-state index is 0.00754. The number of aromatic nitrogens is 2. The Labute approximate surface area is 152 Å². The number of hydrogen-bond donors (Lipinski definition) is 1. The zero-order chi connectivity index (χ0) is 19.9. The first-order chi connectivity index (χ1) is 12.6. The van der Waals surface area contributed by atoms with E-state index in [1.165, 1.54) is 18.5 Å². The zero-order valence-corrected chi connectivity index (χ0v) is 14.9. The van der Waals surface area contributed by atoms with Gasteiger partial charge in [-0.05, 0) is 26.0 Å². The second kappa shape index (κ2) is 6.69. The fourth-order valence-corrected chi connectivity index (χ4v) is 4.14. The van der Waals surface area contributed by atoms with Crippen LogP contribution in [0.15, 0.2) is 41.3 Å². The van der Waals surface area contributed by atoms with Gasteiger partial charge in [-0.2, -0.15) is 5.10 Å². The van der Waals surface area contributed by atoms with Crippen molar-refractivity contribution in [1.82, 2.24) is 9.78 Å². The minimum atomic E-state index is -4.59. The van der Waals surface area contributed by atoms with Gasteiger partial charge in [0.25, 0.3) is 10.0 Å². The maximum atomic E-state index is 13.8. The van der Waals surface area contributed by atoms with Crippen LogP contribution in [0.3, 0.4) is 0 Å². The van der Waals surface area contributed by atoms with Crippen molar-refractivity contribution in [3.63, 3.8) is 0 Å². The third kappa shape index (κ3) is 3.27. The highest BCUT2D eigenvalue weighted by Gasteiger charge is 2.29. The molecule has 0 aliphatic rings. The maximum Gasteiger partial charge on any atom is 0.265 e. The molecule has 2 aromatic carbocycles. The fraction of sp³-hybridized carbons (Fsp3) is 0.118. The average Bonchev–Trinajstić information content (AvgIpc) is 2.93. The van der Waals surface area contributed by atoms with E-state index in [2.05, 4.69) is 5.10 Å². The Kier molecular flexibility index (Phi) is 4.68. The summed E-state index contributed by atoms with van der Waals surface area (Å²) in [7, 11) is -4.59. The van der Waals surface area contributed by atoms with Crippen LogP contribution in [0, 0.1) is 37.1 Å². The van der Waals surface area contributed by atoms with E-state index in [4.69, 9.17) is 0 Å². The summed E-state index contributed by atoms with van der Waals surface area (Å²) in [5, 5.41) is 4.13. The molecule has 10 heteroatoms. The number of hydrogen-bond acceptors (Lipinski definition) is 3. The van der Waals surface area contributed by atoms with Crippen LogP contribution in [0.2, 0.25) is 0 Å². The van der Waals surface area contributed by atoms with Crippen LogP contribution in [0.4, 0.5) is 23.2 Å². The number of sulfonamides is 1. The van der Waals surface area contributed by atoms with E-state index in [9.17, 15) is 26.0 Å². The van der Waals surface area contributed by atoms with Crippen molar-refractivity contribution in [3.05, 3.63) is 71.1 Å². The van der Waals surface area contributed by atoms with Crippen LogP contribution in [0.1, 0.15) is 11.4 Å². The highest BCUT2D eigenvalue weighted by Crippen LogP contribution is 2.29. The van der Waals surface area contributed by atoms with E-state index in [1.54, 1.807) is 35.1 Å². The molecule has 1 N–H and O–H groups in total. The topological polar surface area (TPSA) is 64.0 Å². The first kappa shape index (κ1) is 18.9. The smallest absolute Gasteiger partial charge is 0.265 e. The Morgan fingerprint density at radius 3 is 2.07 bits per heavy atom. The molecule has 0 saturated heterocycles. The predicted molar refractivity (Wildman–Crippen MR) is 90.1 cm³/mol. The summed E-state index contributed by atoms with van der Waals surface area (Å²) in [4.78, 5) is -0.352. The molecule has 1 aromatic heterocycles. The van der Waals surface area contributed by atoms with E-state index in [1.807, 2.05) is 0 Å². The highest BCUT2D eigenvalue weighted by molar-refractivity contribution is 7.92. The third-order valence-corrected chi connectivity index (χ3v) is 5.44. The first-order valence-corrected chi connectivity index (χ1v) is 9.09. The molecule has 3 rings (SSSR count). The number of anilines is 1. The quantitative estimate of drug-likeness (QED) is 0.536. The molecule has 3 aromatic rings. The summed E-state index contributed by atoms with van der Waals surface area (Å²) < 4.78 is 82.6. The number of nitrogens with zero attached hydrogens (tertiary/aromatic N) is 2. The summed E-state index contributed by atoms with van der Waals surface area (Å²) in [5.41, 5.74) is -0.669. The van der Waals surface area contributed by atoms with Crippen molar-refractivity contribution in [2.75, 3.05) is 4.72 Å². The van der Waals surface area contributed by atoms with Gasteiger partial charge in [-0.25, -0.2) is 30.7 Å². The highest BCUT2D eigenvalue weighted by atomic mass is 32.2. The molecule has 0 saturated carbocycles. The van der Waals surface area contributed by atoms with Crippen molar-refractivity contribution in [1.29, 1.82) is 0 Å². The number of aryl methyl sites for hydroxylation is 1. The molecular formula is C17H13F4N3O2S. The van der Waals surface area contributed by atoms with Gasteiger partial charge in [-0.1, -0.05) is 18.2 Å². The Hall–Kier alpha value is -2.88. The summed E-state index contributed by atoms with van der Waals surface area (Å²) in [6.07, 6.45) is 0. The number of benzene rings is 2. The number of para-hydroxylation sites is 1. The Morgan fingerprint density at radius 1 is 0.963 bits per heavy atom. The van der Waals surface area contributed by atoms with Crippen LogP contribution >= 0.6 is 0 Å². The van der Waals surface area contributed by atoms with E-state index < -0.39 is 39.0 Å². The van der Waals surface area contributed by atoms with Gasteiger partial charge in [0.15, 0.2) is 23.3 Å². The lowest BCUT2D eigenvalue weighted by Gasteiger charge is -2.11. The van der Waals surface area contributed by atoms with Gasteiger partial charge in [-0.3, -0.25) is 4.72 Å². The van der Waals surface area contributed by atoms with Crippen molar-refractivity contribution in [3.8, 4) is 5.69 Å². The summed E-state index contributed by atoms with van der Waals surface area (Å²) in [5.74, 6) is -7.13. The van der Waals surface area contributed by atoms with Gasteiger partial charge in [0, 0.05) is 6.07 Å². The summed E-state index contributed by atoms with van der Waals surface area (Å²) >= 11 is 0. The Bertz CT molecular complexity index is 1100. The van der Waals surface area contributed by atoms with E-state index in [0.29, 0.717) is 5.69 Å². The fourth-order valence-electron chi connectivity index (χ4n) is 2.69. The maximum absolute atomic E-state index is 13.8. The number of nitrogens with one attached hydrogen (secondary N) is 1. The van der Waals surface area contributed by atoms with Gasteiger partial charge < -0.3 is 0 Å². The van der Waals surface area contributed by atoms with Gasteiger partial charge >= 0.3 is 0 Å². The second-order valence-electron chi connectivity index (χ2n) is 5.70. The molecule has 0 fully saturated rings. The van der Waals surface area contributed by atoms with Gasteiger partial charge in [0.05, 0.1) is 17.1 Å². The molecule has 0 bridgehead atoms. The molecule has 0 atom stereocenters. The van der Waals surface area contributed by atoms with Crippen molar-refractivity contribution in [2.45, 2.75) is 18.7 Å². The Morgan fingerprint density at radius 2 is 1.52 bits per heavy atom. The molecule has 5 nitrogen and oxygen atoms in total. The average molecular weight is 399 g/mol. The van der Waals surface area contributed by atoms with Crippen LogP contribution < -0.4 is 4.72 Å². The largest absolute Gasteiger partial charge is 0.274 e. The van der Waals surface area contributed by atoms with Gasteiger partial charge in [0.2, 0.25) is 0 Å². The van der Waals surface area contributed by atoms with Crippen LogP contribution in [-0.4, -0.2) is 18.2 Å². The third-order valence-electron chi connectivity index (χ3n) is 3.84. The monoisotopic (exact) mass is 399 g/mol. The van der Waals surface area contributed by atoms with Crippen molar-refractivity contribution >= 4 is 15.7 Å². The van der Waals surface area contributed by atoms with Gasteiger partial charge in [0.1, 0.15) is 10.6 Å². The lowest BCUT2D eigenvalue weighted by atomic mass is 10.3. The summed E-state index contributed by atoms with van der Waals surface area (Å²) in [6, 6.07) is 8.57. The van der Waals surface area contributed by atoms with Crippen LogP contribution in [-0.2, 0) is 10.0 Å². The molecule has 27 heavy (non-hydrogen) atoms. The van der Waals surface area contributed by atoms with Crippen molar-refractivity contribution in [2.24, 2.45) is 0 Å². The molecule has 1 heterocycles. The zero-order valence-electron chi connectivity index (χ0n) is 14.1. The molecule has 0 aliphatic heterocycles. The molecule has 142 valence electrons. The van der Waals surface area contributed by atoms with Crippen LogP contribution in [0.25, 0.3) is 5.69 Å². The number of rotatable bonds is 4. The molecule has 0 aliphatic carbocycles. The van der Waals surface area contributed by atoms with Crippen LogP contribution in [0.5, 0.6) is 0 Å². The lowest BCUT2D eigenvalue weighted by Crippen LogP contribution is -2.18. The lowest BCUT2D eigenvalue weighted by molar-refractivity contribution is 0.459. The van der Waals surface area contributed by atoms with Crippen molar-refractivity contribution < 1.29 is 26.0 Å². The SMILES string of the molecule is Cc1nn(-c2ccccc2)c(C)c1S(=O)(=O)Nc1c(F)c(F)cc(F)c1F. The molecular weight excluding hydrogens is 386 g/mol.